The quantitative estimate of drug-likeness (QED) is 0.339. The van der Waals surface area contributed by atoms with Crippen molar-refractivity contribution in [1.29, 1.82) is 0 Å². The van der Waals surface area contributed by atoms with Gasteiger partial charge < -0.3 is 5.32 Å². The van der Waals surface area contributed by atoms with Crippen molar-refractivity contribution in [3.8, 4) is 22.5 Å². The Morgan fingerprint density at radius 2 is 1.61 bits per heavy atom. The molecular formula is C25H16ClFN4. The number of nitrogens with one attached hydrogen (secondary N) is 1. The average Bonchev–Trinajstić information content (AvgIpc) is 2.82. The van der Waals surface area contributed by atoms with E-state index in [4.69, 9.17) is 21.6 Å². The molecule has 0 fully saturated rings. The van der Waals surface area contributed by atoms with Crippen LogP contribution < -0.4 is 5.32 Å². The van der Waals surface area contributed by atoms with E-state index in [9.17, 15) is 4.39 Å². The van der Waals surface area contributed by atoms with E-state index in [1.807, 2.05) is 48.5 Å². The molecule has 31 heavy (non-hydrogen) atoms. The third-order valence-electron chi connectivity index (χ3n) is 4.90. The molecule has 0 amide bonds. The lowest BCUT2D eigenvalue weighted by atomic mass is 10.0. The van der Waals surface area contributed by atoms with Crippen molar-refractivity contribution in [1.82, 2.24) is 15.0 Å². The molecule has 2 aromatic heterocycles. The van der Waals surface area contributed by atoms with Crippen LogP contribution in [0.4, 0.5) is 15.9 Å². The van der Waals surface area contributed by atoms with Crippen LogP contribution in [0.15, 0.2) is 91.3 Å². The summed E-state index contributed by atoms with van der Waals surface area (Å²) in [6.07, 6.45) is 3.43. The second-order valence-corrected chi connectivity index (χ2v) is 7.40. The Kier molecular flexibility index (Phi) is 5.02. The zero-order valence-electron chi connectivity index (χ0n) is 16.3. The minimum Gasteiger partial charge on any atom is -0.340 e. The van der Waals surface area contributed by atoms with Gasteiger partial charge in [0, 0.05) is 29.0 Å². The van der Waals surface area contributed by atoms with Crippen LogP contribution in [0.1, 0.15) is 0 Å². The van der Waals surface area contributed by atoms with Crippen LogP contribution >= 0.6 is 11.6 Å². The highest BCUT2D eigenvalue weighted by molar-refractivity contribution is 6.31. The van der Waals surface area contributed by atoms with Gasteiger partial charge in [0.15, 0.2) is 5.82 Å². The van der Waals surface area contributed by atoms with Crippen molar-refractivity contribution in [3.05, 3.63) is 102 Å². The Hall–Kier alpha value is -3.83. The largest absolute Gasteiger partial charge is 0.340 e. The predicted octanol–water partition coefficient (Wildman–Crippen LogP) is 6.89. The number of rotatable bonds is 4. The summed E-state index contributed by atoms with van der Waals surface area (Å²) in [5.41, 5.74) is 4.36. The van der Waals surface area contributed by atoms with E-state index in [0.717, 1.165) is 27.6 Å². The van der Waals surface area contributed by atoms with Crippen LogP contribution in [0.25, 0.3) is 33.4 Å². The molecule has 5 rings (SSSR count). The zero-order chi connectivity index (χ0) is 21.2. The lowest BCUT2D eigenvalue weighted by Crippen LogP contribution is -2.00. The lowest BCUT2D eigenvalue weighted by Gasteiger charge is -2.13. The molecular weight excluding hydrogens is 411 g/mol. The van der Waals surface area contributed by atoms with Crippen LogP contribution in [0, 0.1) is 5.82 Å². The Bertz CT molecular complexity index is 1380. The second-order valence-electron chi connectivity index (χ2n) is 6.99. The van der Waals surface area contributed by atoms with Gasteiger partial charge in [0.1, 0.15) is 11.6 Å². The first-order chi connectivity index (χ1) is 15.2. The van der Waals surface area contributed by atoms with Gasteiger partial charge in [-0.3, -0.25) is 4.98 Å². The Labute approximate surface area is 183 Å². The summed E-state index contributed by atoms with van der Waals surface area (Å²) in [4.78, 5) is 13.7. The summed E-state index contributed by atoms with van der Waals surface area (Å²) in [5, 5.41) is 4.17. The summed E-state index contributed by atoms with van der Waals surface area (Å²) >= 11 is 5.97. The van der Waals surface area contributed by atoms with Gasteiger partial charge in [0.2, 0.25) is 0 Å². The summed E-state index contributed by atoms with van der Waals surface area (Å²) in [6, 6.07) is 24.4. The molecule has 3 aromatic carbocycles. The predicted molar refractivity (Wildman–Crippen MR) is 123 cm³/mol. The fourth-order valence-electron chi connectivity index (χ4n) is 3.37. The van der Waals surface area contributed by atoms with E-state index in [-0.39, 0.29) is 5.02 Å². The maximum atomic E-state index is 13.6. The number of benzene rings is 3. The fraction of sp³-hybridized carbons (Fsp3) is 0. The second kappa shape index (κ2) is 8.13. The molecule has 0 aliphatic rings. The van der Waals surface area contributed by atoms with E-state index >= 15 is 0 Å². The molecule has 0 bridgehead atoms. The monoisotopic (exact) mass is 426 g/mol. The maximum Gasteiger partial charge on any atom is 0.163 e. The molecule has 0 aliphatic carbocycles. The number of nitrogens with zero attached hydrogens (tertiary/aromatic N) is 3. The van der Waals surface area contributed by atoms with Crippen molar-refractivity contribution in [2.45, 2.75) is 0 Å². The van der Waals surface area contributed by atoms with Gasteiger partial charge in [-0.1, -0.05) is 48.0 Å². The van der Waals surface area contributed by atoms with E-state index in [2.05, 4.69) is 22.4 Å². The summed E-state index contributed by atoms with van der Waals surface area (Å²) < 4.78 is 13.6. The summed E-state index contributed by atoms with van der Waals surface area (Å²) in [5.74, 6) is 0.676. The first-order valence-electron chi connectivity index (χ1n) is 9.67. The molecule has 0 saturated heterocycles. The maximum absolute atomic E-state index is 13.6. The van der Waals surface area contributed by atoms with E-state index in [1.54, 1.807) is 18.5 Å². The number of hydrogen-bond donors (Lipinski definition) is 1. The number of fused-ring (bicyclic) bond motifs is 1. The van der Waals surface area contributed by atoms with Crippen LogP contribution in [-0.4, -0.2) is 15.0 Å². The highest BCUT2D eigenvalue weighted by Gasteiger charge is 2.12. The Morgan fingerprint density at radius 3 is 2.39 bits per heavy atom. The van der Waals surface area contributed by atoms with Gasteiger partial charge in [-0.05, 0) is 53.6 Å². The van der Waals surface area contributed by atoms with Crippen LogP contribution in [-0.2, 0) is 0 Å². The van der Waals surface area contributed by atoms with Gasteiger partial charge in [-0.2, -0.15) is 0 Å². The molecule has 2 heterocycles. The van der Waals surface area contributed by atoms with E-state index < -0.39 is 5.82 Å². The normalized spacial score (nSPS) is 10.9. The van der Waals surface area contributed by atoms with Crippen molar-refractivity contribution >= 4 is 34.0 Å². The average molecular weight is 427 g/mol. The van der Waals surface area contributed by atoms with Crippen LogP contribution in [0.3, 0.4) is 0 Å². The lowest BCUT2D eigenvalue weighted by molar-refractivity contribution is 0.628. The van der Waals surface area contributed by atoms with Gasteiger partial charge in [-0.25, -0.2) is 14.4 Å². The number of pyridine rings is 1. The molecule has 4 nitrogen and oxygen atoms in total. The number of hydrogen-bond acceptors (Lipinski definition) is 4. The molecule has 150 valence electrons. The van der Waals surface area contributed by atoms with Crippen LogP contribution in [0.5, 0.6) is 0 Å². The smallest absolute Gasteiger partial charge is 0.163 e. The van der Waals surface area contributed by atoms with Crippen molar-refractivity contribution in [3.63, 3.8) is 0 Å². The first-order valence-corrected chi connectivity index (χ1v) is 10.0. The van der Waals surface area contributed by atoms with Crippen molar-refractivity contribution < 1.29 is 4.39 Å². The molecule has 0 saturated carbocycles. The highest BCUT2D eigenvalue weighted by atomic mass is 35.5. The SMILES string of the molecule is Fc1ccc(Nc2nc(-c3cccnc3)nc3ccc(-c4ccccc4)cc23)cc1Cl. The zero-order valence-corrected chi connectivity index (χ0v) is 17.0. The van der Waals surface area contributed by atoms with Crippen LogP contribution in [0.2, 0.25) is 5.02 Å². The fourth-order valence-corrected chi connectivity index (χ4v) is 3.55. The number of halogens is 2. The summed E-state index contributed by atoms with van der Waals surface area (Å²) in [7, 11) is 0. The minimum absolute atomic E-state index is 0.0424. The Morgan fingerprint density at radius 1 is 0.774 bits per heavy atom. The third kappa shape index (κ3) is 3.96. The molecule has 0 unspecified atom stereocenters. The number of anilines is 2. The van der Waals surface area contributed by atoms with Crippen molar-refractivity contribution in [2.75, 3.05) is 5.32 Å². The molecule has 0 spiro atoms. The molecule has 6 heteroatoms. The molecule has 0 atom stereocenters. The summed E-state index contributed by atoms with van der Waals surface area (Å²) in [6.45, 7) is 0. The topological polar surface area (TPSA) is 50.7 Å². The molecule has 1 N–H and O–H groups in total. The van der Waals surface area contributed by atoms with Gasteiger partial charge in [0.25, 0.3) is 0 Å². The molecule has 5 aromatic rings. The molecule has 0 radical (unpaired) electrons. The van der Waals surface area contributed by atoms with Gasteiger partial charge >= 0.3 is 0 Å². The molecule has 0 aliphatic heterocycles. The Balaban J connectivity index is 1.68. The van der Waals surface area contributed by atoms with Crippen molar-refractivity contribution in [2.24, 2.45) is 0 Å². The van der Waals surface area contributed by atoms with E-state index in [0.29, 0.717) is 17.3 Å². The van der Waals surface area contributed by atoms with Gasteiger partial charge in [-0.15, -0.1) is 0 Å². The number of aromatic nitrogens is 3. The standard InChI is InChI=1S/C25H16ClFN4/c26-21-14-19(9-10-22(21)27)29-25-20-13-17(16-5-2-1-3-6-16)8-11-23(20)30-24(31-25)18-7-4-12-28-15-18/h1-15H,(H,29,30,31). The third-order valence-corrected chi connectivity index (χ3v) is 5.19. The van der Waals surface area contributed by atoms with E-state index in [1.165, 1.54) is 12.1 Å². The first kappa shape index (κ1) is 19.2. The van der Waals surface area contributed by atoms with Gasteiger partial charge in [0.05, 0.1) is 10.5 Å². The minimum atomic E-state index is -0.470. The highest BCUT2D eigenvalue weighted by Crippen LogP contribution is 2.32.